The lowest BCUT2D eigenvalue weighted by molar-refractivity contribution is 1.29. The van der Waals surface area contributed by atoms with Gasteiger partial charge in [-0.05, 0) is 24.3 Å². The van der Waals surface area contributed by atoms with Crippen LogP contribution in [0.3, 0.4) is 0 Å². The Bertz CT molecular complexity index is 697. The highest BCUT2D eigenvalue weighted by Crippen LogP contribution is 2.28. The summed E-state index contributed by atoms with van der Waals surface area (Å²) in [5.41, 5.74) is 8.10. The first kappa shape index (κ1) is 11.3. The third kappa shape index (κ3) is 1.89. The maximum Gasteiger partial charge on any atom is 0.138 e. The van der Waals surface area contributed by atoms with Crippen molar-refractivity contribution in [1.82, 2.24) is 15.0 Å². The lowest BCUT2D eigenvalue weighted by Crippen LogP contribution is -1.90. The number of fused-ring (bicyclic) bond motifs is 1. The lowest BCUT2D eigenvalue weighted by atomic mass is 10.2. The average Bonchev–Trinajstić information content (AvgIpc) is 2.73. The van der Waals surface area contributed by atoms with Crippen LogP contribution in [0.25, 0.3) is 22.4 Å². The highest BCUT2D eigenvalue weighted by atomic mass is 35.5. The van der Waals surface area contributed by atoms with Gasteiger partial charge < -0.3 is 10.7 Å². The standard InChI is InChI=1S/C12H8Cl2N4/c13-7-4-9-10(5-8(7)14)18-12(17-9)6-1-2-16-11(15)3-6/h1-5H,(H2,15,16)(H,17,18). The molecule has 0 spiro atoms. The predicted octanol–water partition coefficient (Wildman–Crippen LogP) is 3.51. The van der Waals surface area contributed by atoms with E-state index < -0.39 is 0 Å². The van der Waals surface area contributed by atoms with Gasteiger partial charge in [0.15, 0.2) is 0 Å². The summed E-state index contributed by atoms with van der Waals surface area (Å²) in [6.45, 7) is 0. The average molecular weight is 279 g/mol. The van der Waals surface area contributed by atoms with E-state index in [1.54, 1.807) is 24.4 Å². The third-order valence-electron chi connectivity index (χ3n) is 2.58. The molecule has 90 valence electrons. The summed E-state index contributed by atoms with van der Waals surface area (Å²) in [5, 5.41) is 0.977. The Kier molecular flexibility index (Phi) is 2.61. The number of aromatic amines is 1. The van der Waals surface area contributed by atoms with Crippen molar-refractivity contribution in [1.29, 1.82) is 0 Å². The van der Waals surface area contributed by atoms with Crippen LogP contribution in [0.1, 0.15) is 0 Å². The van der Waals surface area contributed by atoms with Crippen LogP contribution in [0.15, 0.2) is 30.5 Å². The number of nitrogens with zero attached hydrogens (tertiary/aromatic N) is 2. The summed E-state index contributed by atoms with van der Waals surface area (Å²) in [7, 11) is 0. The Hall–Kier alpha value is -1.78. The van der Waals surface area contributed by atoms with Crippen molar-refractivity contribution in [2.24, 2.45) is 0 Å². The topological polar surface area (TPSA) is 67.6 Å². The van der Waals surface area contributed by atoms with Crippen LogP contribution in [-0.2, 0) is 0 Å². The van der Waals surface area contributed by atoms with E-state index in [1.807, 2.05) is 6.07 Å². The molecule has 0 bridgehead atoms. The number of nitrogens with two attached hydrogens (primary N) is 1. The van der Waals surface area contributed by atoms with Crippen LogP contribution in [0.2, 0.25) is 10.0 Å². The minimum atomic E-state index is 0.448. The fourth-order valence-corrected chi connectivity index (χ4v) is 2.06. The number of halogens is 2. The molecular weight excluding hydrogens is 271 g/mol. The Balaban J connectivity index is 2.19. The highest BCUT2D eigenvalue weighted by molar-refractivity contribution is 6.42. The van der Waals surface area contributed by atoms with E-state index in [0.29, 0.717) is 21.7 Å². The van der Waals surface area contributed by atoms with Gasteiger partial charge in [0, 0.05) is 11.8 Å². The molecule has 0 aliphatic carbocycles. The minimum absolute atomic E-state index is 0.448. The van der Waals surface area contributed by atoms with Gasteiger partial charge in [0.25, 0.3) is 0 Å². The summed E-state index contributed by atoms with van der Waals surface area (Å²) in [5.74, 6) is 1.15. The van der Waals surface area contributed by atoms with Crippen molar-refractivity contribution in [3.63, 3.8) is 0 Å². The van der Waals surface area contributed by atoms with Crippen LogP contribution in [0.5, 0.6) is 0 Å². The summed E-state index contributed by atoms with van der Waals surface area (Å²) in [6.07, 6.45) is 1.64. The van der Waals surface area contributed by atoms with E-state index in [2.05, 4.69) is 15.0 Å². The maximum atomic E-state index is 5.96. The number of aromatic nitrogens is 3. The molecule has 0 amide bonds. The van der Waals surface area contributed by atoms with E-state index in [1.165, 1.54) is 0 Å². The second kappa shape index (κ2) is 4.15. The van der Waals surface area contributed by atoms with Crippen LogP contribution >= 0.6 is 23.2 Å². The van der Waals surface area contributed by atoms with E-state index in [0.717, 1.165) is 16.6 Å². The number of benzene rings is 1. The molecule has 6 heteroatoms. The van der Waals surface area contributed by atoms with Gasteiger partial charge >= 0.3 is 0 Å². The molecule has 0 fully saturated rings. The van der Waals surface area contributed by atoms with Gasteiger partial charge in [-0.15, -0.1) is 0 Å². The first-order valence-corrected chi connectivity index (χ1v) is 5.96. The highest BCUT2D eigenvalue weighted by Gasteiger charge is 2.08. The Morgan fingerprint density at radius 2 is 1.89 bits per heavy atom. The zero-order chi connectivity index (χ0) is 12.7. The number of imidazole rings is 1. The van der Waals surface area contributed by atoms with Gasteiger partial charge in [-0.1, -0.05) is 23.2 Å². The molecule has 0 atom stereocenters. The molecule has 2 aromatic heterocycles. The van der Waals surface area contributed by atoms with Crippen molar-refractivity contribution >= 4 is 40.1 Å². The molecule has 0 unspecified atom stereocenters. The molecule has 0 radical (unpaired) electrons. The zero-order valence-corrected chi connectivity index (χ0v) is 10.6. The van der Waals surface area contributed by atoms with Gasteiger partial charge in [-0.3, -0.25) is 0 Å². The van der Waals surface area contributed by atoms with E-state index in [4.69, 9.17) is 28.9 Å². The largest absolute Gasteiger partial charge is 0.384 e. The number of pyridine rings is 1. The number of rotatable bonds is 1. The number of anilines is 1. The van der Waals surface area contributed by atoms with Gasteiger partial charge in [-0.25, -0.2) is 9.97 Å². The maximum absolute atomic E-state index is 5.96. The van der Waals surface area contributed by atoms with Crippen molar-refractivity contribution in [2.45, 2.75) is 0 Å². The fourth-order valence-electron chi connectivity index (χ4n) is 1.74. The molecule has 3 rings (SSSR count). The van der Waals surface area contributed by atoms with Crippen molar-refractivity contribution in [2.75, 3.05) is 5.73 Å². The van der Waals surface area contributed by atoms with E-state index >= 15 is 0 Å². The summed E-state index contributed by atoms with van der Waals surface area (Å²) >= 11 is 11.9. The first-order chi connectivity index (χ1) is 8.63. The SMILES string of the molecule is Nc1cc(-c2nc3cc(Cl)c(Cl)cc3[nH]2)ccn1. The van der Waals surface area contributed by atoms with Gasteiger partial charge in [0.2, 0.25) is 0 Å². The van der Waals surface area contributed by atoms with E-state index in [-0.39, 0.29) is 0 Å². The zero-order valence-electron chi connectivity index (χ0n) is 9.11. The fraction of sp³-hybridized carbons (Fsp3) is 0. The molecule has 3 N–H and O–H groups in total. The molecule has 1 aromatic carbocycles. The second-order valence-corrected chi connectivity index (χ2v) is 4.65. The quantitative estimate of drug-likeness (QED) is 0.716. The smallest absolute Gasteiger partial charge is 0.138 e. The van der Waals surface area contributed by atoms with Crippen LogP contribution in [0, 0.1) is 0 Å². The van der Waals surface area contributed by atoms with Crippen LogP contribution in [-0.4, -0.2) is 15.0 Å². The number of hydrogen-bond donors (Lipinski definition) is 2. The molecule has 3 aromatic rings. The summed E-state index contributed by atoms with van der Waals surface area (Å²) < 4.78 is 0. The van der Waals surface area contributed by atoms with E-state index in [9.17, 15) is 0 Å². The molecule has 2 heterocycles. The molecular formula is C12H8Cl2N4. The monoisotopic (exact) mass is 278 g/mol. The number of H-pyrrole nitrogens is 1. The normalized spacial score (nSPS) is 11.0. The number of nitrogens with one attached hydrogen (secondary N) is 1. The Morgan fingerprint density at radius 3 is 2.67 bits per heavy atom. The summed E-state index contributed by atoms with van der Waals surface area (Å²) in [4.78, 5) is 11.6. The number of nitrogen functional groups attached to an aromatic ring is 1. The third-order valence-corrected chi connectivity index (χ3v) is 3.30. The first-order valence-electron chi connectivity index (χ1n) is 5.20. The number of hydrogen-bond acceptors (Lipinski definition) is 3. The minimum Gasteiger partial charge on any atom is -0.384 e. The lowest BCUT2D eigenvalue weighted by Gasteiger charge is -1.96. The molecule has 0 aliphatic rings. The molecule has 0 saturated carbocycles. The van der Waals surface area contributed by atoms with Crippen molar-refractivity contribution < 1.29 is 0 Å². The predicted molar refractivity (Wildman–Crippen MR) is 73.8 cm³/mol. The second-order valence-electron chi connectivity index (χ2n) is 3.84. The van der Waals surface area contributed by atoms with Gasteiger partial charge in [-0.2, -0.15) is 0 Å². The Morgan fingerprint density at radius 1 is 1.11 bits per heavy atom. The summed E-state index contributed by atoms with van der Waals surface area (Å²) in [6, 6.07) is 7.06. The van der Waals surface area contributed by atoms with Gasteiger partial charge in [0.1, 0.15) is 11.6 Å². The Labute approximate surface area is 113 Å². The van der Waals surface area contributed by atoms with Crippen LogP contribution < -0.4 is 5.73 Å². The van der Waals surface area contributed by atoms with Crippen molar-refractivity contribution in [3.8, 4) is 11.4 Å². The van der Waals surface area contributed by atoms with Crippen LogP contribution in [0.4, 0.5) is 5.82 Å². The van der Waals surface area contributed by atoms with Gasteiger partial charge in [0.05, 0.1) is 21.1 Å². The van der Waals surface area contributed by atoms with Crippen molar-refractivity contribution in [3.05, 3.63) is 40.5 Å². The molecule has 4 nitrogen and oxygen atoms in total. The molecule has 0 saturated heterocycles. The molecule has 18 heavy (non-hydrogen) atoms. The molecule has 0 aliphatic heterocycles.